The Balaban J connectivity index is 1.30. The number of hydrogen-bond acceptors (Lipinski definition) is 7. The first-order valence-electron chi connectivity index (χ1n) is 14.1. The summed E-state index contributed by atoms with van der Waals surface area (Å²) in [4.78, 5) is 44.8. The van der Waals surface area contributed by atoms with Crippen molar-refractivity contribution in [3.63, 3.8) is 0 Å². The Morgan fingerprint density at radius 2 is 1.83 bits per heavy atom. The Hall–Kier alpha value is -4.98. The van der Waals surface area contributed by atoms with Gasteiger partial charge in [-0.05, 0) is 43.2 Å². The van der Waals surface area contributed by atoms with Crippen LogP contribution in [0.25, 0.3) is 11.1 Å². The van der Waals surface area contributed by atoms with Crippen LogP contribution in [0.15, 0.2) is 48.9 Å². The summed E-state index contributed by atoms with van der Waals surface area (Å²) in [6.45, 7) is -0.653. The van der Waals surface area contributed by atoms with Crippen molar-refractivity contribution < 1.29 is 45.5 Å². The lowest BCUT2D eigenvalue weighted by Gasteiger charge is -2.50. The fourth-order valence-corrected chi connectivity index (χ4v) is 5.95. The molecule has 0 saturated carbocycles. The fourth-order valence-electron chi connectivity index (χ4n) is 5.95. The molecule has 1 aromatic carbocycles. The zero-order chi connectivity index (χ0) is 34.2. The average molecular weight is 662 g/mol. The van der Waals surface area contributed by atoms with Crippen molar-refractivity contribution in [1.29, 1.82) is 5.26 Å². The molecule has 0 bridgehead atoms. The van der Waals surface area contributed by atoms with E-state index in [9.17, 15) is 37.2 Å². The number of alkyl halides is 5. The number of pyridine rings is 1. The van der Waals surface area contributed by atoms with E-state index in [2.05, 4.69) is 21.5 Å². The van der Waals surface area contributed by atoms with Gasteiger partial charge in [0.05, 0.1) is 50.3 Å². The Morgan fingerprint density at radius 1 is 1.11 bits per heavy atom. The van der Waals surface area contributed by atoms with Crippen LogP contribution >= 0.6 is 0 Å². The van der Waals surface area contributed by atoms with Gasteiger partial charge < -0.3 is 15.0 Å². The fraction of sp³-hybridized carbons (Fsp3) is 0.400. The van der Waals surface area contributed by atoms with E-state index in [1.165, 1.54) is 29.2 Å². The van der Waals surface area contributed by atoms with Gasteiger partial charge in [0.25, 0.3) is 11.8 Å². The Morgan fingerprint density at radius 3 is 2.43 bits per heavy atom. The SMILES string of the molecule is CC(C)(C#N)n1cc(-c2ccc3c(c2)C(F)(F)C[C@]32NC(=O)N(CC(=O)N(Cc3ccc(F)cn3)C3(C(F)(F)F)COC3)C2=O)cn1. The Kier molecular flexibility index (Phi) is 7.16. The minimum atomic E-state index is -5.01. The van der Waals surface area contributed by atoms with E-state index < -0.39 is 90.7 Å². The molecule has 11 nitrogen and oxygen atoms in total. The van der Waals surface area contributed by atoms with Crippen LogP contribution < -0.4 is 5.32 Å². The van der Waals surface area contributed by atoms with E-state index in [0.29, 0.717) is 15.4 Å². The van der Waals surface area contributed by atoms with E-state index in [-0.39, 0.29) is 16.8 Å². The summed E-state index contributed by atoms with van der Waals surface area (Å²) in [6, 6.07) is 6.63. The van der Waals surface area contributed by atoms with Crippen LogP contribution in [0.1, 0.15) is 37.1 Å². The number of urea groups is 1. The molecular formula is C30H25F6N7O4. The number of nitrogens with one attached hydrogen (secondary N) is 1. The number of imide groups is 1. The lowest BCUT2D eigenvalue weighted by Crippen LogP contribution is -2.72. The summed E-state index contributed by atoms with van der Waals surface area (Å²) in [5.41, 5.74) is -6.41. The number of amides is 4. The van der Waals surface area contributed by atoms with Crippen LogP contribution in [0.5, 0.6) is 0 Å². The third kappa shape index (κ3) is 4.98. The number of hydrogen-bond donors (Lipinski definition) is 1. The molecule has 3 aliphatic rings. The molecule has 1 spiro atoms. The smallest absolute Gasteiger partial charge is 0.376 e. The highest BCUT2D eigenvalue weighted by Gasteiger charge is 2.67. The topological polar surface area (TPSA) is 133 Å². The minimum absolute atomic E-state index is 0.120. The van der Waals surface area contributed by atoms with Gasteiger partial charge in [0.1, 0.15) is 17.9 Å². The quantitative estimate of drug-likeness (QED) is 0.300. The Bertz CT molecular complexity index is 1830. The predicted octanol–water partition coefficient (Wildman–Crippen LogP) is 3.95. The zero-order valence-corrected chi connectivity index (χ0v) is 24.7. The van der Waals surface area contributed by atoms with Gasteiger partial charge in [-0.15, -0.1) is 0 Å². The molecule has 6 rings (SSSR count). The first-order chi connectivity index (χ1) is 21.9. The number of ether oxygens (including phenoxy) is 1. The lowest BCUT2D eigenvalue weighted by atomic mass is 9.90. The van der Waals surface area contributed by atoms with Crippen LogP contribution in [0.3, 0.4) is 0 Å². The highest BCUT2D eigenvalue weighted by atomic mass is 19.4. The molecule has 246 valence electrons. The number of nitriles is 1. The Labute approximate surface area is 262 Å². The maximum Gasteiger partial charge on any atom is 0.416 e. The van der Waals surface area contributed by atoms with Gasteiger partial charge >= 0.3 is 12.2 Å². The third-order valence-corrected chi connectivity index (χ3v) is 8.73. The molecule has 1 atom stereocenters. The molecule has 1 aliphatic carbocycles. The number of halogens is 6. The first-order valence-corrected chi connectivity index (χ1v) is 14.1. The number of fused-ring (bicyclic) bond motifs is 2. The summed E-state index contributed by atoms with van der Waals surface area (Å²) in [5, 5.41) is 15.8. The summed E-state index contributed by atoms with van der Waals surface area (Å²) in [5.74, 6) is -6.99. The number of carbonyl (C=O) groups is 3. The second-order valence-electron chi connectivity index (χ2n) is 12.2. The molecule has 2 fully saturated rings. The number of benzene rings is 1. The number of aromatic nitrogens is 3. The molecule has 0 radical (unpaired) electrons. The second-order valence-corrected chi connectivity index (χ2v) is 12.2. The van der Waals surface area contributed by atoms with Gasteiger partial charge in [-0.1, -0.05) is 12.1 Å². The van der Waals surface area contributed by atoms with Gasteiger partial charge in [-0.25, -0.2) is 18.0 Å². The summed E-state index contributed by atoms with van der Waals surface area (Å²) >= 11 is 0. The molecule has 47 heavy (non-hydrogen) atoms. The monoisotopic (exact) mass is 661 g/mol. The van der Waals surface area contributed by atoms with Crippen LogP contribution in [-0.4, -0.2) is 73.9 Å². The standard InChI is InChI=1S/C30H25F6N7O4/c1-26(2,14-37)43-10-18(8-39-43)17-3-6-21-22(7-17)29(32,33)13-28(21)24(45)41(25(46)40-28)12-23(44)42(11-20-5-4-19(31)9-38-20)27(15-47-16-27)30(34,35)36/h3-10H,11-13,15-16H2,1-2H3,(H,40,46)/t28-/m0/s1. The molecule has 2 saturated heterocycles. The normalized spacial score (nSPS) is 21.3. The van der Waals surface area contributed by atoms with Crippen LogP contribution in [0.4, 0.5) is 31.1 Å². The number of rotatable bonds is 7. The van der Waals surface area contributed by atoms with Gasteiger partial charge in [0.2, 0.25) is 5.91 Å². The third-order valence-electron chi connectivity index (χ3n) is 8.73. The second kappa shape index (κ2) is 10.5. The van der Waals surface area contributed by atoms with Gasteiger partial charge in [-0.3, -0.25) is 24.2 Å². The van der Waals surface area contributed by atoms with Gasteiger partial charge in [-0.2, -0.15) is 23.5 Å². The molecule has 2 aromatic heterocycles. The van der Waals surface area contributed by atoms with Crippen LogP contribution in [-0.2, 0) is 37.9 Å². The lowest BCUT2D eigenvalue weighted by molar-refractivity contribution is -0.302. The molecule has 4 amide bonds. The van der Waals surface area contributed by atoms with Crippen molar-refractivity contribution in [1.82, 2.24) is 29.9 Å². The highest BCUT2D eigenvalue weighted by molar-refractivity contribution is 6.10. The largest absolute Gasteiger partial charge is 0.416 e. The van der Waals surface area contributed by atoms with Crippen molar-refractivity contribution >= 4 is 17.8 Å². The molecule has 0 unspecified atom stereocenters. The van der Waals surface area contributed by atoms with E-state index >= 15 is 8.78 Å². The summed E-state index contributed by atoms with van der Waals surface area (Å²) in [7, 11) is 0. The van der Waals surface area contributed by atoms with Gasteiger partial charge in [0.15, 0.2) is 11.1 Å². The van der Waals surface area contributed by atoms with Crippen molar-refractivity contribution in [3.8, 4) is 17.2 Å². The minimum Gasteiger partial charge on any atom is -0.376 e. The number of carbonyl (C=O) groups excluding carboxylic acids is 3. The number of nitrogens with zero attached hydrogens (tertiary/aromatic N) is 6. The maximum atomic E-state index is 15.6. The van der Waals surface area contributed by atoms with Crippen molar-refractivity contribution in [2.24, 2.45) is 0 Å². The highest BCUT2D eigenvalue weighted by Crippen LogP contribution is 2.53. The van der Waals surface area contributed by atoms with Crippen LogP contribution in [0.2, 0.25) is 0 Å². The van der Waals surface area contributed by atoms with Gasteiger partial charge in [0, 0.05) is 17.3 Å². The molecule has 1 N–H and O–H groups in total. The van der Waals surface area contributed by atoms with Crippen molar-refractivity contribution in [2.45, 2.75) is 55.5 Å². The first kappa shape index (κ1) is 32.0. The molecule has 3 aromatic rings. The van der Waals surface area contributed by atoms with Crippen molar-refractivity contribution in [3.05, 3.63) is 71.6 Å². The predicted molar refractivity (Wildman–Crippen MR) is 147 cm³/mol. The zero-order valence-electron chi connectivity index (χ0n) is 24.7. The maximum absolute atomic E-state index is 15.6. The van der Waals surface area contributed by atoms with Crippen LogP contribution in [0, 0.1) is 17.1 Å². The van der Waals surface area contributed by atoms with E-state index in [0.717, 1.165) is 24.4 Å². The average Bonchev–Trinajstić information content (AvgIpc) is 3.63. The molecule has 17 heteroatoms. The van der Waals surface area contributed by atoms with Crippen molar-refractivity contribution in [2.75, 3.05) is 19.8 Å². The summed E-state index contributed by atoms with van der Waals surface area (Å²) < 4.78 is 93.7. The molecule has 4 heterocycles. The van der Waals surface area contributed by atoms with E-state index in [1.807, 2.05) is 0 Å². The van der Waals surface area contributed by atoms with E-state index in [4.69, 9.17) is 4.74 Å². The molecular weight excluding hydrogens is 636 g/mol. The van der Waals surface area contributed by atoms with E-state index in [1.54, 1.807) is 13.8 Å². The summed E-state index contributed by atoms with van der Waals surface area (Å²) in [6.07, 6.45) is -2.58. The molecule has 2 aliphatic heterocycles.